The molecule has 1 atom stereocenters. The van der Waals surface area contributed by atoms with Gasteiger partial charge in [-0.3, -0.25) is 4.79 Å². The van der Waals surface area contributed by atoms with Gasteiger partial charge in [-0.15, -0.1) is 0 Å². The molecule has 0 saturated heterocycles. The number of aromatic nitrogens is 3. The van der Waals surface area contributed by atoms with E-state index in [4.69, 9.17) is 9.47 Å². The summed E-state index contributed by atoms with van der Waals surface area (Å²) < 4.78 is 15.0. The van der Waals surface area contributed by atoms with Crippen LogP contribution in [0.5, 0.6) is 5.75 Å². The fourth-order valence-corrected chi connectivity index (χ4v) is 4.52. The summed E-state index contributed by atoms with van der Waals surface area (Å²) in [6, 6.07) is 15.0. The van der Waals surface area contributed by atoms with E-state index in [0.717, 1.165) is 27.1 Å². The van der Waals surface area contributed by atoms with Gasteiger partial charge in [0, 0.05) is 33.5 Å². The summed E-state index contributed by atoms with van der Waals surface area (Å²) in [6.07, 6.45) is 1.58. The van der Waals surface area contributed by atoms with Crippen LogP contribution in [-0.4, -0.2) is 39.1 Å². The quantitative estimate of drug-likeness (QED) is 0.213. The number of carbonyl (C=O) groups is 1. The number of benzene rings is 2. The van der Waals surface area contributed by atoms with Crippen LogP contribution in [0, 0.1) is 13.8 Å². The lowest BCUT2D eigenvalue weighted by Gasteiger charge is -2.14. The Morgan fingerprint density at radius 2 is 1.86 bits per heavy atom. The second-order valence-corrected chi connectivity index (χ2v) is 9.49. The minimum absolute atomic E-state index is 0.208. The molecule has 4 aromatic rings. The standard InChI is InChI=1S/C28H29BrN4O4/c1-6-26-31-25-13-8-21(29)15-24(25)27(34)33(26)30-16-20-14-17(3)32(18(20)4)22-9-11-23(12-10-22)37-19(5)28(35)36-7-2/h8-16,19H,6-7H2,1-5H3/t19-/m0/s1. The summed E-state index contributed by atoms with van der Waals surface area (Å²) in [7, 11) is 0. The average Bonchev–Trinajstić information content (AvgIpc) is 3.16. The third-order valence-electron chi connectivity index (χ3n) is 6.00. The van der Waals surface area contributed by atoms with Gasteiger partial charge in [0.25, 0.3) is 5.56 Å². The van der Waals surface area contributed by atoms with Crippen molar-refractivity contribution in [2.75, 3.05) is 6.61 Å². The smallest absolute Gasteiger partial charge is 0.347 e. The molecule has 8 nitrogen and oxygen atoms in total. The maximum atomic E-state index is 13.2. The molecule has 37 heavy (non-hydrogen) atoms. The van der Waals surface area contributed by atoms with E-state index in [-0.39, 0.29) is 5.56 Å². The zero-order valence-electron chi connectivity index (χ0n) is 21.5. The lowest BCUT2D eigenvalue weighted by Crippen LogP contribution is -2.26. The van der Waals surface area contributed by atoms with Gasteiger partial charge in [-0.2, -0.15) is 9.78 Å². The highest BCUT2D eigenvalue weighted by molar-refractivity contribution is 9.10. The van der Waals surface area contributed by atoms with Crippen LogP contribution < -0.4 is 10.3 Å². The molecular formula is C28H29BrN4O4. The molecule has 0 fully saturated rings. The Kier molecular flexibility index (Phi) is 7.92. The minimum atomic E-state index is -0.689. The molecule has 2 heterocycles. The van der Waals surface area contributed by atoms with Crippen molar-refractivity contribution < 1.29 is 14.3 Å². The number of hydrogen-bond donors (Lipinski definition) is 0. The Morgan fingerprint density at radius 3 is 2.54 bits per heavy atom. The highest BCUT2D eigenvalue weighted by Gasteiger charge is 2.16. The van der Waals surface area contributed by atoms with Gasteiger partial charge in [-0.05, 0) is 76.2 Å². The largest absolute Gasteiger partial charge is 0.479 e. The van der Waals surface area contributed by atoms with E-state index < -0.39 is 12.1 Å². The number of nitrogens with zero attached hydrogens (tertiary/aromatic N) is 4. The molecule has 9 heteroatoms. The van der Waals surface area contributed by atoms with Crippen molar-refractivity contribution in [2.45, 2.75) is 47.1 Å². The zero-order valence-corrected chi connectivity index (χ0v) is 23.1. The second-order valence-electron chi connectivity index (χ2n) is 8.57. The van der Waals surface area contributed by atoms with Crippen LogP contribution in [0.2, 0.25) is 0 Å². The predicted molar refractivity (Wildman–Crippen MR) is 148 cm³/mol. The maximum Gasteiger partial charge on any atom is 0.347 e. The molecule has 0 N–H and O–H groups in total. The molecule has 0 aliphatic rings. The highest BCUT2D eigenvalue weighted by Crippen LogP contribution is 2.23. The number of carbonyl (C=O) groups excluding carboxylic acids is 1. The number of ether oxygens (including phenoxy) is 2. The van der Waals surface area contributed by atoms with Crippen molar-refractivity contribution in [1.29, 1.82) is 0 Å². The third-order valence-corrected chi connectivity index (χ3v) is 6.49. The van der Waals surface area contributed by atoms with E-state index >= 15 is 0 Å². The van der Waals surface area contributed by atoms with Gasteiger partial charge in [0.2, 0.25) is 0 Å². The first-order chi connectivity index (χ1) is 17.7. The Hall–Kier alpha value is -3.72. The Balaban J connectivity index is 1.63. The number of fused-ring (bicyclic) bond motifs is 1. The molecule has 0 aliphatic heterocycles. The Bertz CT molecular complexity index is 1540. The first-order valence-corrected chi connectivity index (χ1v) is 12.9. The Labute approximate surface area is 223 Å². The first-order valence-electron chi connectivity index (χ1n) is 12.1. The van der Waals surface area contributed by atoms with Crippen molar-refractivity contribution >= 4 is 39.0 Å². The van der Waals surface area contributed by atoms with Gasteiger partial charge in [0.1, 0.15) is 11.6 Å². The van der Waals surface area contributed by atoms with Crippen LogP contribution in [0.1, 0.15) is 43.5 Å². The topological polar surface area (TPSA) is 87.7 Å². The van der Waals surface area contributed by atoms with E-state index in [0.29, 0.717) is 35.5 Å². The summed E-state index contributed by atoms with van der Waals surface area (Å²) >= 11 is 3.43. The number of hydrogen-bond acceptors (Lipinski definition) is 6. The normalized spacial score (nSPS) is 12.3. The van der Waals surface area contributed by atoms with Crippen LogP contribution >= 0.6 is 15.9 Å². The molecule has 2 aromatic carbocycles. The number of halogens is 1. The summed E-state index contributed by atoms with van der Waals surface area (Å²) in [4.78, 5) is 29.7. The minimum Gasteiger partial charge on any atom is -0.479 e. The molecular weight excluding hydrogens is 536 g/mol. The van der Waals surface area contributed by atoms with Gasteiger partial charge in [0.15, 0.2) is 6.10 Å². The van der Waals surface area contributed by atoms with Crippen molar-refractivity contribution in [3.63, 3.8) is 0 Å². The number of esters is 1. The van der Waals surface area contributed by atoms with Crippen LogP contribution in [0.3, 0.4) is 0 Å². The van der Waals surface area contributed by atoms with Crippen molar-refractivity contribution in [3.05, 3.63) is 86.1 Å². The molecule has 0 saturated carbocycles. The molecule has 4 rings (SSSR count). The predicted octanol–water partition coefficient (Wildman–Crippen LogP) is 5.34. The van der Waals surface area contributed by atoms with Crippen LogP contribution in [0.4, 0.5) is 0 Å². The van der Waals surface area contributed by atoms with Crippen molar-refractivity contribution in [2.24, 2.45) is 5.10 Å². The lowest BCUT2D eigenvalue weighted by atomic mass is 10.2. The van der Waals surface area contributed by atoms with Crippen LogP contribution in [0.15, 0.2) is 62.9 Å². The average molecular weight is 565 g/mol. The molecule has 0 spiro atoms. The Morgan fingerprint density at radius 1 is 1.14 bits per heavy atom. The molecule has 0 aliphatic carbocycles. The summed E-state index contributed by atoms with van der Waals surface area (Å²) in [6.45, 7) is 9.70. The van der Waals surface area contributed by atoms with Crippen LogP contribution in [0.25, 0.3) is 16.6 Å². The molecule has 0 unspecified atom stereocenters. The summed E-state index contributed by atoms with van der Waals surface area (Å²) in [5, 5.41) is 5.05. The van der Waals surface area contributed by atoms with E-state index in [2.05, 4.69) is 30.6 Å². The first kappa shape index (κ1) is 26.3. The maximum absolute atomic E-state index is 13.2. The molecule has 2 aromatic heterocycles. The second kappa shape index (κ2) is 11.1. The SMILES string of the molecule is CCOC(=O)[C@H](C)Oc1ccc(-n2c(C)cc(C=Nn3c(CC)nc4ccc(Br)cc4c3=O)c2C)cc1. The van der Waals surface area contributed by atoms with E-state index in [1.807, 2.05) is 63.2 Å². The molecule has 0 radical (unpaired) electrons. The fraction of sp³-hybridized carbons (Fsp3) is 0.286. The third kappa shape index (κ3) is 5.51. The zero-order chi connectivity index (χ0) is 26.7. The monoisotopic (exact) mass is 564 g/mol. The highest BCUT2D eigenvalue weighted by atomic mass is 79.9. The van der Waals surface area contributed by atoms with Crippen molar-refractivity contribution in [1.82, 2.24) is 14.2 Å². The van der Waals surface area contributed by atoms with Gasteiger partial charge >= 0.3 is 5.97 Å². The summed E-state index contributed by atoms with van der Waals surface area (Å²) in [5.74, 6) is 0.778. The number of rotatable bonds is 8. The van der Waals surface area contributed by atoms with Crippen molar-refractivity contribution in [3.8, 4) is 11.4 Å². The summed E-state index contributed by atoms with van der Waals surface area (Å²) in [5.41, 5.74) is 4.25. The molecule has 0 bridgehead atoms. The van der Waals surface area contributed by atoms with E-state index in [1.165, 1.54) is 4.68 Å². The molecule has 0 amide bonds. The van der Waals surface area contributed by atoms with Gasteiger partial charge in [-0.1, -0.05) is 22.9 Å². The van der Waals surface area contributed by atoms with Gasteiger partial charge in [-0.25, -0.2) is 9.78 Å². The van der Waals surface area contributed by atoms with E-state index in [1.54, 1.807) is 26.1 Å². The number of aryl methyl sites for hydroxylation is 2. The molecule has 192 valence electrons. The van der Waals surface area contributed by atoms with Gasteiger partial charge < -0.3 is 14.0 Å². The fourth-order valence-electron chi connectivity index (χ4n) is 4.16. The van der Waals surface area contributed by atoms with Gasteiger partial charge in [0.05, 0.1) is 23.7 Å². The van der Waals surface area contributed by atoms with E-state index in [9.17, 15) is 9.59 Å². The van der Waals surface area contributed by atoms with Crippen LogP contribution in [-0.2, 0) is 16.0 Å². The lowest BCUT2D eigenvalue weighted by molar-refractivity contribution is -0.150.